The monoisotopic (exact) mass is 192 g/mol. The first-order chi connectivity index (χ1) is 6.85. The topological polar surface area (TPSA) is 20.2 Å². The summed E-state index contributed by atoms with van der Waals surface area (Å²) in [6.07, 6.45) is 15.2. The molecule has 0 aliphatic heterocycles. The Morgan fingerprint density at radius 1 is 1.29 bits per heavy atom. The minimum atomic E-state index is 0.185. The molecule has 1 unspecified atom stereocenters. The zero-order chi connectivity index (χ0) is 9.86. The SMILES string of the molecule is OCC1(CC2=CCCC2)CC=CCC1. The Hall–Kier alpha value is -0.560. The summed E-state index contributed by atoms with van der Waals surface area (Å²) in [5.74, 6) is 0. The number of hydrogen-bond donors (Lipinski definition) is 1. The first kappa shape index (κ1) is 9.97. The van der Waals surface area contributed by atoms with Crippen molar-refractivity contribution in [3.8, 4) is 0 Å². The summed E-state index contributed by atoms with van der Waals surface area (Å²) in [5.41, 5.74) is 1.78. The Labute approximate surface area is 86.5 Å². The number of allylic oxidation sites excluding steroid dienone is 4. The van der Waals surface area contributed by atoms with Gasteiger partial charge in [0.25, 0.3) is 0 Å². The molecule has 0 aromatic rings. The first-order valence-corrected chi connectivity index (χ1v) is 5.78. The van der Waals surface area contributed by atoms with Crippen molar-refractivity contribution in [1.29, 1.82) is 0 Å². The minimum Gasteiger partial charge on any atom is -0.396 e. The lowest BCUT2D eigenvalue weighted by molar-refractivity contribution is 0.113. The third-order valence-electron chi connectivity index (χ3n) is 3.63. The van der Waals surface area contributed by atoms with E-state index in [1.807, 2.05) is 0 Å². The van der Waals surface area contributed by atoms with Crippen molar-refractivity contribution in [3.63, 3.8) is 0 Å². The minimum absolute atomic E-state index is 0.185. The number of aliphatic hydroxyl groups excluding tert-OH is 1. The summed E-state index contributed by atoms with van der Waals surface area (Å²) in [7, 11) is 0. The van der Waals surface area contributed by atoms with E-state index >= 15 is 0 Å². The first-order valence-electron chi connectivity index (χ1n) is 5.78. The third kappa shape index (κ3) is 2.09. The molecule has 0 saturated heterocycles. The van der Waals surface area contributed by atoms with E-state index in [1.165, 1.54) is 19.3 Å². The van der Waals surface area contributed by atoms with Crippen molar-refractivity contribution in [2.75, 3.05) is 6.61 Å². The van der Waals surface area contributed by atoms with Crippen LogP contribution >= 0.6 is 0 Å². The molecule has 2 aliphatic carbocycles. The van der Waals surface area contributed by atoms with Gasteiger partial charge < -0.3 is 5.11 Å². The summed E-state index contributed by atoms with van der Waals surface area (Å²) in [5, 5.41) is 9.54. The van der Waals surface area contributed by atoms with E-state index < -0.39 is 0 Å². The summed E-state index contributed by atoms with van der Waals surface area (Å²) >= 11 is 0. The van der Waals surface area contributed by atoms with Gasteiger partial charge in [0, 0.05) is 12.0 Å². The fraction of sp³-hybridized carbons (Fsp3) is 0.692. The molecule has 0 spiro atoms. The van der Waals surface area contributed by atoms with Gasteiger partial charge in [-0.05, 0) is 44.9 Å². The normalized spacial score (nSPS) is 31.9. The Morgan fingerprint density at radius 3 is 2.79 bits per heavy atom. The van der Waals surface area contributed by atoms with Crippen LogP contribution in [0.3, 0.4) is 0 Å². The second-order valence-corrected chi connectivity index (χ2v) is 4.80. The van der Waals surface area contributed by atoms with Gasteiger partial charge >= 0.3 is 0 Å². The highest BCUT2D eigenvalue weighted by Gasteiger charge is 2.30. The van der Waals surface area contributed by atoms with Crippen LogP contribution in [0.25, 0.3) is 0 Å². The Morgan fingerprint density at radius 2 is 2.21 bits per heavy atom. The lowest BCUT2D eigenvalue weighted by Crippen LogP contribution is -2.27. The maximum Gasteiger partial charge on any atom is 0.0493 e. The van der Waals surface area contributed by atoms with Crippen LogP contribution < -0.4 is 0 Å². The molecule has 1 nitrogen and oxygen atoms in total. The van der Waals surface area contributed by atoms with E-state index in [9.17, 15) is 5.11 Å². The molecule has 0 fully saturated rings. The van der Waals surface area contributed by atoms with Crippen molar-refractivity contribution < 1.29 is 5.11 Å². The van der Waals surface area contributed by atoms with Crippen molar-refractivity contribution in [2.45, 2.75) is 44.9 Å². The molecule has 0 radical (unpaired) electrons. The van der Waals surface area contributed by atoms with Gasteiger partial charge in [0.05, 0.1) is 0 Å². The van der Waals surface area contributed by atoms with Crippen LogP contribution in [-0.2, 0) is 0 Å². The van der Waals surface area contributed by atoms with Crippen LogP contribution in [0, 0.1) is 5.41 Å². The van der Waals surface area contributed by atoms with Gasteiger partial charge in [-0.25, -0.2) is 0 Å². The van der Waals surface area contributed by atoms with Gasteiger partial charge in [0.2, 0.25) is 0 Å². The van der Waals surface area contributed by atoms with Crippen molar-refractivity contribution in [3.05, 3.63) is 23.8 Å². The average Bonchev–Trinajstić information content (AvgIpc) is 2.72. The molecule has 1 heteroatoms. The number of rotatable bonds is 3. The summed E-state index contributed by atoms with van der Waals surface area (Å²) in [4.78, 5) is 0. The highest BCUT2D eigenvalue weighted by Crippen LogP contribution is 2.40. The van der Waals surface area contributed by atoms with Gasteiger partial charge in [-0.1, -0.05) is 23.8 Å². The lowest BCUT2D eigenvalue weighted by Gasteiger charge is -2.33. The molecular weight excluding hydrogens is 172 g/mol. The molecule has 0 saturated carbocycles. The van der Waals surface area contributed by atoms with E-state index in [4.69, 9.17) is 0 Å². The Kier molecular flexibility index (Phi) is 3.07. The second kappa shape index (κ2) is 4.31. The largest absolute Gasteiger partial charge is 0.396 e. The average molecular weight is 192 g/mol. The number of aliphatic hydroxyl groups is 1. The molecular formula is C13H20O. The number of hydrogen-bond acceptors (Lipinski definition) is 1. The van der Waals surface area contributed by atoms with E-state index in [2.05, 4.69) is 18.2 Å². The maximum absolute atomic E-state index is 9.54. The van der Waals surface area contributed by atoms with Crippen LogP contribution in [0.4, 0.5) is 0 Å². The van der Waals surface area contributed by atoms with Gasteiger partial charge in [-0.15, -0.1) is 0 Å². The Bertz CT molecular complexity index is 252. The molecule has 1 N–H and O–H groups in total. The molecule has 0 aromatic carbocycles. The van der Waals surface area contributed by atoms with Gasteiger partial charge in [0.1, 0.15) is 0 Å². The maximum atomic E-state index is 9.54. The summed E-state index contributed by atoms with van der Waals surface area (Å²) < 4.78 is 0. The Balaban J connectivity index is 2.00. The molecule has 2 aliphatic rings. The van der Waals surface area contributed by atoms with E-state index in [1.54, 1.807) is 5.57 Å². The molecule has 0 aromatic heterocycles. The van der Waals surface area contributed by atoms with Crippen LogP contribution in [0.2, 0.25) is 0 Å². The fourth-order valence-electron chi connectivity index (χ4n) is 2.68. The predicted molar refractivity (Wildman–Crippen MR) is 59.1 cm³/mol. The quantitative estimate of drug-likeness (QED) is 0.681. The predicted octanol–water partition coefficient (Wildman–Crippen LogP) is 3.21. The van der Waals surface area contributed by atoms with Crippen LogP contribution in [0.15, 0.2) is 23.8 Å². The van der Waals surface area contributed by atoms with Gasteiger partial charge in [0.15, 0.2) is 0 Å². The lowest BCUT2D eigenvalue weighted by atomic mass is 9.73. The van der Waals surface area contributed by atoms with E-state index in [0.717, 1.165) is 25.7 Å². The van der Waals surface area contributed by atoms with E-state index in [0.29, 0.717) is 6.61 Å². The van der Waals surface area contributed by atoms with Gasteiger partial charge in [-0.2, -0.15) is 0 Å². The molecule has 14 heavy (non-hydrogen) atoms. The molecule has 0 bridgehead atoms. The standard InChI is InChI=1S/C13H20O/c14-11-13(8-4-1-5-9-13)10-12-6-2-3-7-12/h1,4,6,14H,2-3,5,7-11H2. The van der Waals surface area contributed by atoms with Crippen molar-refractivity contribution in [1.82, 2.24) is 0 Å². The summed E-state index contributed by atoms with van der Waals surface area (Å²) in [6.45, 7) is 0.356. The smallest absolute Gasteiger partial charge is 0.0493 e. The molecule has 1 atom stereocenters. The highest BCUT2D eigenvalue weighted by molar-refractivity contribution is 5.12. The van der Waals surface area contributed by atoms with E-state index in [-0.39, 0.29) is 5.41 Å². The van der Waals surface area contributed by atoms with Crippen LogP contribution in [-0.4, -0.2) is 11.7 Å². The van der Waals surface area contributed by atoms with Crippen LogP contribution in [0.5, 0.6) is 0 Å². The molecule has 0 heterocycles. The molecule has 2 rings (SSSR count). The van der Waals surface area contributed by atoms with Crippen molar-refractivity contribution in [2.24, 2.45) is 5.41 Å². The molecule has 78 valence electrons. The van der Waals surface area contributed by atoms with Crippen LogP contribution in [0.1, 0.15) is 44.9 Å². The fourth-order valence-corrected chi connectivity index (χ4v) is 2.68. The van der Waals surface area contributed by atoms with Gasteiger partial charge in [-0.3, -0.25) is 0 Å². The third-order valence-corrected chi connectivity index (χ3v) is 3.63. The molecule has 0 amide bonds. The van der Waals surface area contributed by atoms with Crippen molar-refractivity contribution >= 4 is 0 Å². The second-order valence-electron chi connectivity index (χ2n) is 4.80. The summed E-state index contributed by atoms with van der Waals surface area (Å²) in [6, 6.07) is 0. The highest BCUT2D eigenvalue weighted by atomic mass is 16.3. The zero-order valence-electron chi connectivity index (χ0n) is 8.84. The zero-order valence-corrected chi connectivity index (χ0v) is 8.84.